The SMILES string of the molecule is O=c1ccn([C@@H]2O[C@@H]3COP(=O)(NCc4ccccc4)O[C@H]3[C@H]2O)c(=O)[nH]1. The number of aromatic nitrogens is 2. The standard InChI is InChI=1S/C16H18N3O7P/c20-12-6-7-19(16(22)18-12)15-13(21)14-11(25-15)9-24-27(23,26-14)17-8-10-4-2-1-3-5-10/h1-7,11,13-15,21H,8-9H2,(H,17,23)(H,18,20,22)/t11-,13-,14-,15-,27?/m1/s1. The zero-order valence-electron chi connectivity index (χ0n) is 14.1. The third-order valence-corrected chi connectivity index (χ3v) is 5.98. The van der Waals surface area contributed by atoms with E-state index in [-0.39, 0.29) is 13.2 Å². The smallest absolute Gasteiger partial charge is 0.386 e. The first kappa shape index (κ1) is 18.3. The fourth-order valence-electron chi connectivity index (χ4n) is 3.07. The summed E-state index contributed by atoms with van der Waals surface area (Å²) < 4.78 is 30.3. The van der Waals surface area contributed by atoms with Crippen LogP contribution in [0.15, 0.2) is 52.2 Å². The molecular weight excluding hydrogens is 377 g/mol. The fraction of sp³-hybridized carbons (Fsp3) is 0.375. The van der Waals surface area contributed by atoms with Gasteiger partial charge >= 0.3 is 13.4 Å². The van der Waals surface area contributed by atoms with Crippen LogP contribution in [-0.2, 0) is 24.9 Å². The summed E-state index contributed by atoms with van der Waals surface area (Å²) in [5.41, 5.74) is -0.394. The average Bonchev–Trinajstić information content (AvgIpc) is 2.97. The number of hydrogen-bond donors (Lipinski definition) is 3. The molecule has 3 N–H and O–H groups in total. The Balaban J connectivity index is 1.48. The highest BCUT2D eigenvalue weighted by atomic mass is 31.2. The zero-order chi connectivity index (χ0) is 19.0. The summed E-state index contributed by atoms with van der Waals surface area (Å²) in [6.45, 7) is 0.185. The minimum atomic E-state index is -3.66. The largest absolute Gasteiger partial charge is 0.406 e. The van der Waals surface area contributed by atoms with Gasteiger partial charge in [0, 0.05) is 18.8 Å². The van der Waals surface area contributed by atoms with Crippen molar-refractivity contribution in [2.24, 2.45) is 0 Å². The number of aromatic amines is 1. The van der Waals surface area contributed by atoms with Crippen LogP contribution in [0.2, 0.25) is 0 Å². The van der Waals surface area contributed by atoms with Gasteiger partial charge in [0.15, 0.2) is 6.23 Å². The quantitative estimate of drug-likeness (QED) is 0.622. The maximum atomic E-state index is 12.8. The summed E-state index contributed by atoms with van der Waals surface area (Å²) in [6.07, 6.45) is -2.79. The third-order valence-electron chi connectivity index (χ3n) is 4.42. The van der Waals surface area contributed by atoms with Crippen LogP contribution in [0.25, 0.3) is 0 Å². The first-order chi connectivity index (χ1) is 13.0. The summed E-state index contributed by atoms with van der Waals surface area (Å²) in [7, 11) is -3.66. The molecular formula is C16H18N3O7P. The molecule has 1 unspecified atom stereocenters. The predicted octanol–water partition coefficient (Wildman–Crippen LogP) is 0.108. The van der Waals surface area contributed by atoms with E-state index in [1.165, 1.54) is 6.20 Å². The molecule has 2 aliphatic heterocycles. The van der Waals surface area contributed by atoms with Gasteiger partial charge in [0.25, 0.3) is 5.56 Å². The maximum absolute atomic E-state index is 12.8. The number of aliphatic hydroxyl groups is 1. The Hall–Kier alpha value is -2.07. The Morgan fingerprint density at radius 3 is 2.78 bits per heavy atom. The fourth-order valence-corrected chi connectivity index (χ4v) is 4.60. The van der Waals surface area contributed by atoms with Crippen molar-refractivity contribution in [3.63, 3.8) is 0 Å². The summed E-state index contributed by atoms with van der Waals surface area (Å²) in [5, 5.41) is 13.3. The molecule has 0 saturated carbocycles. The van der Waals surface area contributed by atoms with Crippen LogP contribution < -0.4 is 16.3 Å². The molecule has 0 radical (unpaired) electrons. The van der Waals surface area contributed by atoms with Crippen LogP contribution in [0.3, 0.4) is 0 Å². The molecule has 3 heterocycles. The molecule has 0 bridgehead atoms. The summed E-state index contributed by atoms with van der Waals surface area (Å²) in [4.78, 5) is 25.2. The molecule has 2 aromatic rings. The van der Waals surface area contributed by atoms with Crippen LogP contribution in [0.4, 0.5) is 0 Å². The van der Waals surface area contributed by atoms with E-state index in [2.05, 4.69) is 10.1 Å². The second-order valence-corrected chi connectivity index (χ2v) is 8.04. The summed E-state index contributed by atoms with van der Waals surface area (Å²) in [6, 6.07) is 10.4. The first-order valence-corrected chi connectivity index (χ1v) is 9.86. The molecule has 1 aromatic carbocycles. The minimum Gasteiger partial charge on any atom is -0.386 e. The Bertz CT molecular complexity index is 976. The van der Waals surface area contributed by atoms with Gasteiger partial charge in [-0.25, -0.2) is 14.4 Å². The van der Waals surface area contributed by atoms with Gasteiger partial charge in [0.1, 0.15) is 18.3 Å². The molecule has 27 heavy (non-hydrogen) atoms. The van der Waals surface area contributed by atoms with Crippen molar-refractivity contribution in [2.45, 2.75) is 31.1 Å². The Morgan fingerprint density at radius 2 is 2.04 bits per heavy atom. The Kier molecular flexibility index (Phi) is 4.85. The lowest BCUT2D eigenvalue weighted by Crippen LogP contribution is -2.42. The number of nitrogens with one attached hydrogen (secondary N) is 2. The van der Waals surface area contributed by atoms with Gasteiger partial charge in [-0.15, -0.1) is 0 Å². The highest BCUT2D eigenvalue weighted by molar-refractivity contribution is 7.51. The van der Waals surface area contributed by atoms with Crippen LogP contribution in [0.5, 0.6) is 0 Å². The molecule has 2 saturated heterocycles. The number of H-pyrrole nitrogens is 1. The summed E-state index contributed by atoms with van der Waals surface area (Å²) in [5.74, 6) is 0. The predicted molar refractivity (Wildman–Crippen MR) is 93.0 cm³/mol. The van der Waals surface area contributed by atoms with Gasteiger partial charge in [-0.3, -0.25) is 23.4 Å². The van der Waals surface area contributed by atoms with Crippen molar-refractivity contribution in [3.8, 4) is 0 Å². The molecule has 2 aliphatic rings. The number of ether oxygens (including phenoxy) is 1. The molecule has 144 valence electrons. The second-order valence-electron chi connectivity index (χ2n) is 6.26. The number of nitrogens with zero attached hydrogens (tertiary/aromatic N) is 1. The monoisotopic (exact) mass is 395 g/mol. The van der Waals surface area contributed by atoms with Crippen molar-refractivity contribution in [1.29, 1.82) is 0 Å². The molecule has 2 fully saturated rings. The lowest BCUT2D eigenvalue weighted by Gasteiger charge is -2.31. The van der Waals surface area contributed by atoms with Crippen molar-refractivity contribution in [3.05, 3.63) is 69.0 Å². The number of fused-ring (bicyclic) bond motifs is 1. The molecule has 0 spiro atoms. The highest BCUT2D eigenvalue weighted by Gasteiger charge is 2.52. The second kappa shape index (κ2) is 7.16. The molecule has 0 aliphatic carbocycles. The lowest BCUT2D eigenvalue weighted by atomic mass is 10.1. The zero-order valence-corrected chi connectivity index (χ0v) is 15.0. The van der Waals surface area contributed by atoms with Gasteiger partial charge in [0.2, 0.25) is 0 Å². The van der Waals surface area contributed by atoms with E-state index in [0.717, 1.165) is 16.2 Å². The van der Waals surface area contributed by atoms with Crippen LogP contribution in [0.1, 0.15) is 11.8 Å². The third kappa shape index (κ3) is 3.68. The van der Waals surface area contributed by atoms with E-state index < -0.39 is 43.5 Å². The Morgan fingerprint density at radius 1 is 1.26 bits per heavy atom. The number of rotatable bonds is 4. The Labute approximate surface area is 153 Å². The highest BCUT2D eigenvalue weighted by Crippen LogP contribution is 2.52. The number of hydrogen-bond acceptors (Lipinski definition) is 7. The summed E-state index contributed by atoms with van der Waals surface area (Å²) >= 11 is 0. The first-order valence-electron chi connectivity index (χ1n) is 8.32. The number of benzene rings is 1. The van der Waals surface area contributed by atoms with Crippen molar-refractivity contribution in [1.82, 2.24) is 14.6 Å². The topological polar surface area (TPSA) is 132 Å². The lowest BCUT2D eigenvalue weighted by molar-refractivity contribution is -0.0623. The molecule has 11 heteroatoms. The van der Waals surface area contributed by atoms with Crippen LogP contribution >= 0.6 is 7.75 Å². The van der Waals surface area contributed by atoms with E-state index >= 15 is 0 Å². The molecule has 1 aromatic heterocycles. The van der Waals surface area contributed by atoms with Gasteiger partial charge in [-0.2, -0.15) is 0 Å². The van der Waals surface area contributed by atoms with E-state index in [1.807, 2.05) is 30.3 Å². The van der Waals surface area contributed by atoms with Crippen molar-refractivity contribution >= 4 is 7.75 Å². The van der Waals surface area contributed by atoms with E-state index in [1.54, 1.807) is 0 Å². The molecule has 4 rings (SSSR count). The molecule has 5 atom stereocenters. The van der Waals surface area contributed by atoms with Gasteiger partial charge in [-0.05, 0) is 5.56 Å². The van der Waals surface area contributed by atoms with Crippen LogP contribution in [-0.4, -0.2) is 39.6 Å². The van der Waals surface area contributed by atoms with Gasteiger partial charge < -0.3 is 9.84 Å². The van der Waals surface area contributed by atoms with Crippen molar-refractivity contribution in [2.75, 3.05) is 6.61 Å². The number of aliphatic hydroxyl groups excluding tert-OH is 1. The van der Waals surface area contributed by atoms with Crippen LogP contribution in [0, 0.1) is 0 Å². The van der Waals surface area contributed by atoms with Crippen molar-refractivity contribution < 1.29 is 23.5 Å². The van der Waals surface area contributed by atoms with Gasteiger partial charge in [0.05, 0.1) is 6.61 Å². The molecule has 10 nitrogen and oxygen atoms in total. The van der Waals surface area contributed by atoms with E-state index in [4.69, 9.17) is 13.8 Å². The molecule has 0 amide bonds. The maximum Gasteiger partial charge on any atom is 0.406 e. The van der Waals surface area contributed by atoms with E-state index in [0.29, 0.717) is 0 Å². The average molecular weight is 395 g/mol. The van der Waals surface area contributed by atoms with Gasteiger partial charge in [-0.1, -0.05) is 30.3 Å². The minimum absolute atomic E-state index is 0.0740. The normalized spacial score (nSPS) is 32.9. The van der Waals surface area contributed by atoms with E-state index in [9.17, 15) is 19.3 Å².